The number of halogens is 1. The Morgan fingerprint density at radius 1 is 1.44 bits per heavy atom. The van der Waals surface area contributed by atoms with E-state index in [4.69, 9.17) is 4.42 Å². The summed E-state index contributed by atoms with van der Waals surface area (Å²) in [5, 5.41) is 0.441. The molecule has 82 valence electrons. The first-order valence-corrected chi connectivity index (χ1v) is 5.65. The summed E-state index contributed by atoms with van der Waals surface area (Å²) in [7, 11) is 0. The number of hydrogen-bond acceptors (Lipinski definition) is 3. The van der Waals surface area contributed by atoms with E-state index in [-0.39, 0.29) is 11.0 Å². The van der Waals surface area contributed by atoms with E-state index in [1.54, 1.807) is 6.07 Å². The van der Waals surface area contributed by atoms with E-state index in [1.165, 1.54) is 6.26 Å². The van der Waals surface area contributed by atoms with Crippen molar-refractivity contribution < 1.29 is 9.21 Å². The van der Waals surface area contributed by atoms with Gasteiger partial charge in [-0.3, -0.25) is 9.59 Å². The topological polar surface area (TPSA) is 47.3 Å². The molecule has 0 saturated heterocycles. The molecule has 0 aliphatic carbocycles. The predicted molar refractivity (Wildman–Crippen MR) is 64.9 cm³/mol. The van der Waals surface area contributed by atoms with Gasteiger partial charge in [0.25, 0.3) is 0 Å². The Bertz CT molecular complexity index is 613. The number of benzene rings is 1. The Kier molecular flexibility index (Phi) is 2.92. The van der Waals surface area contributed by atoms with Crippen molar-refractivity contribution in [2.24, 2.45) is 0 Å². The van der Waals surface area contributed by atoms with E-state index in [9.17, 15) is 9.59 Å². The first kappa shape index (κ1) is 11.1. The molecular weight excluding hydrogens is 272 g/mol. The minimum absolute atomic E-state index is 0.0488. The monoisotopic (exact) mass is 280 g/mol. The SMILES string of the molecule is CCc1cc(Br)c2occ(C=O)c(=O)c2c1. The average molecular weight is 281 g/mol. The van der Waals surface area contributed by atoms with Crippen molar-refractivity contribution in [3.63, 3.8) is 0 Å². The quantitative estimate of drug-likeness (QED) is 0.795. The van der Waals surface area contributed by atoms with Gasteiger partial charge in [0.15, 0.2) is 11.9 Å². The maximum absolute atomic E-state index is 11.9. The van der Waals surface area contributed by atoms with Gasteiger partial charge in [0.2, 0.25) is 5.43 Å². The summed E-state index contributed by atoms with van der Waals surface area (Å²) in [6.07, 6.45) is 2.52. The van der Waals surface area contributed by atoms with Gasteiger partial charge in [-0.2, -0.15) is 0 Å². The Labute approximate surface area is 100 Å². The molecule has 1 aromatic carbocycles. The zero-order valence-corrected chi connectivity index (χ0v) is 10.2. The summed E-state index contributed by atoms with van der Waals surface area (Å²) < 4.78 is 6.00. The van der Waals surface area contributed by atoms with Crippen LogP contribution in [-0.2, 0) is 6.42 Å². The first-order valence-electron chi connectivity index (χ1n) is 4.86. The van der Waals surface area contributed by atoms with Crippen LogP contribution >= 0.6 is 15.9 Å². The van der Waals surface area contributed by atoms with Crippen molar-refractivity contribution in [1.82, 2.24) is 0 Å². The fourth-order valence-electron chi connectivity index (χ4n) is 1.55. The number of aldehydes is 1. The highest BCUT2D eigenvalue weighted by atomic mass is 79.9. The van der Waals surface area contributed by atoms with E-state index in [0.717, 1.165) is 16.5 Å². The molecule has 16 heavy (non-hydrogen) atoms. The highest BCUT2D eigenvalue weighted by Gasteiger charge is 2.10. The molecule has 1 heterocycles. The normalized spacial score (nSPS) is 10.6. The van der Waals surface area contributed by atoms with Crippen LogP contribution in [0, 0.1) is 0 Å². The summed E-state index contributed by atoms with van der Waals surface area (Å²) >= 11 is 3.35. The molecule has 3 nitrogen and oxygen atoms in total. The molecule has 0 aliphatic heterocycles. The van der Waals surface area contributed by atoms with Crippen molar-refractivity contribution in [3.05, 3.63) is 44.2 Å². The van der Waals surface area contributed by atoms with Gasteiger partial charge in [0.1, 0.15) is 6.26 Å². The molecule has 2 aromatic rings. The van der Waals surface area contributed by atoms with Crippen LogP contribution in [0.3, 0.4) is 0 Å². The lowest BCUT2D eigenvalue weighted by atomic mass is 10.1. The third-order valence-electron chi connectivity index (χ3n) is 2.45. The summed E-state index contributed by atoms with van der Waals surface area (Å²) in [5.41, 5.74) is 1.27. The Morgan fingerprint density at radius 2 is 2.19 bits per heavy atom. The number of carbonyl (C=O) groups is 1. The minimum atomic E-state index is -0.285. The molecule has 0 atom stereocenters. The predicted octanol–water partition coefficient (Wildman–Crippen LogP) is 2.93. The van der Waals surface area contributed by atoms with Crippen LogP contribution < -0.4 is 5.43 Å². The molecule has 0 spiro atoms. The second-order valence-corrected chi connectivity index (χ2v) is 4.30. The number of rotatable bonds is 2. The van der Waals surface area contributed by atoms with E-state index in [2.05, 4.69) is 15.9 Å². The molecule has 2 rings (SSSR count). The lowest BCUT2D eigenvalue weighted by Gasteiger charge is -2.03. The Morgan fingerprint density at radius 3 is 2.81 bits per heavy atom. The molecule has 0 fully saturated rings. The molecule has 0 N–H and O–H groups in total. The third-order valence-corrected chi connectivity index (χ3v) is 3.04. The van der Waals surface area contributed by atoms with E-state index >= 15 is 0 Å². The van der Waals surface area contributed by atoms with Gasteiger partial charge in [-0.25, -0.2) is 0 Å². The summed E-state index contributed by atoms with van der Waals surface area (Å²) in [6.45, 7) is 2.00. The molecule has 0 aliphatic rings. The molecule has 0 amide bonds. The average Bonchev–Trinajstić information content (AvgIpc) is 2.30. The van der Waals surface area contributed by atoms with Crippen LogP contribution in [0.15, 0.2) is 32.1 Å². The largest absolute Gasteiger partial charge is 0.462 e. The molecule has 4 heteroatoms. The van der Waals surface area contributed by atoms with Crippen LogP contribution in [0.25, 0.3) is 11.0 Å². The van der Waals surface area contributed by atoms with Gasteiger partial charge in [0.05, 0.1) is 15.4 Å². The van der Waals surface area contributed by atoms with Crippen LogP contribution in [0.4, 0.5) is 0 Å². The minimum Gasteiger partial charge on any atom is -0.462 e. The van der Waals surface area contributed by atoms with Crippen LogP contribution in [0.2, 0.25) is 0 Å². The number of carbonyl (C=O) groups excluding carboxylic acids is 1. The van der Waals surface area contributed by atoms with Crippen LogP contribution in [0.5, 0.6) is 0 Å². The third kappa shape index (κ3) is 1.69. The van der Waals surface area contributed by atoms with Gasteiger partial charge >= 0.3 is 0 Å². The number of fused-ring (bicyclic) bond motifs is 1. The van der Waals surface area contributed by atoms with Crippen molar-refractivity contribution in [2.75, 3.05) is 0 Å². The van der Waals surface area contributed by atoms with Gasteiger partial charge < -0.3 is 4.42 Å². The molecule has 0 bridgehead atoms. The van der Waals surface area contributed by atoms with Gasteiger partial charge in [0, 0.05) is 0 Å². The smallest absolute Gasteiger partial charge is 0.203 e. The Hall–Kier alpha value is -1.42. The van der Waals surface area contributed by atoms with Crippen LogP contribution in [-0.4, -0.2) is 6.29 Å². The highest BCUT2D eigenvalue weighted by molar-refractivity contribution is 9.10. The standard InChI is InChI=1S/C12H9BrO3/c1-2-7-3-9-11(15)8(5-14)6-16-12(9)10(13)4-7/h3-6H,2H2,1H3. The van der Waals surface area contributed by atoms with Crippen molar-refractivity contribution >= 4 is 33.2 Å². The zero-order valence-electron chi connectivity index (χ0n) is 8.62. The zero-order chi connectivity index (χ0) is 11.7. The van der Waals surface area contributed by atoms with Gasteiger partial charge in [-0.15, -0.1) is 0 Å². The van der Waals surface area contributed by atoms with Crippen molar-refractivity contribution in [1.29, 1.82) is 0 Å². The lowest BCUT2D eigenvalue weighted by Crippen LogP contribution is -2.08. The molecule has 0 unspecified atom stereocenters. The summed E-state index contributed by atoms with van der Waals surface area (Å²) in [5.74, 6) is 0. The van der Waals surface area contributed by atoms with Gasteiger partial charge in [-0.1, -0.05) is 6.92 Å². The van der Waals surface area contributed by atoms with Crippen LogP contribution in [0.1, 0.15) is 22.8 Å². The summed E-state index contributed by atoms with van der Waals surface area (Å²) in [6, 6.07) is 3.67. The highest BCUT2D eigenvalue weighted by Crippen LogP contribution is 2.24. The second kappa shape index (κ2) is 4.22. The number of hydrogen-bond donors (Lipinski definition) is 0. The second-order valence-electron chi connectivity index (χ2n) is 3.45. The van der Waals surface area contributed by atoms with E-state index in [0.29, 0.717) is 17.3 Å². The molecule has 0 radical (unpaired) electrons. The van der Waals surface area contributed by atoms with E-state index in [1.807, 2.05) is 13.0 Å². The first-order chi connectivity index (χ1) is 7.67. The fraction of sp³-hybridized carbons (Fsp3) is 0.167. The van der Waals surface area contributed by atoms with Crippen molar-refractivity contribution in [2.45, 2.75) is 13.3 Å². The maximum Gasteiger partial charge on any atom is 0.203 e. The number of aryl methyl sites for hydroxylation is 1. The maximum atomic E-state index is 11.9. The molecular formula is C12H9BrO3. The molecule has 1 aromatic heterocycles. The molecule has 0 saturated carbocycles. The Balaban J connectivity index is 2.91. The summed E-state index contributed by atoms with van der Waals surface area (Å²) in [4.78, 5) is 22.5. The lowest BCUT2D eigenvalue weighted by molar-refractivity contribution is 0.112. The van der Waals surface area contributed by atoms with Gasteiger partial charge in [-0.05, 0) is 40.0 Å². The fourth-order valence-corrected chi connectivity index (χ4v) is 2.16. The van der Waals surface area contributed by atoms with Crippen molar-refractivity contribution in [3.8, 4) is 0 Å². The van der Waals surface area contributed by atoms with E-state index < -0.39 is 0 Å².